The number of aliphatic carboxylic acids is 1. The van der Waals surface area contributed by atoms with Crippen molar-refractivity contribution in [3.8, 4) is 11.5 Å². The van der Waals surface area contributed by atoms with Gasteiger partial charge >= 0.3 is 12.0 Å². The topological polar surface area (TPSA) is 126 Å². The van der Waals surface area contributed by atoms with Gasteiger partial charge < -0.3 is 34.7 Å². The van der Waals surface area contributed by atoms with Gasteiger partial charge in [0.05, 0.1) is 24.7 Å². The van der Waals surface area contributed by atoms with Crippen LogP contribution in [0.3, 0.4) is 0 Å². The molecule has 0 aromatic heterocycles. The molecule has 28 heavy (non-hydrogen) atoms. The van der Waals surface area contributed by atoms with Gasteiger partial charge in [0.25, 0.3) is 0 Å². The highest BCUT2D eigenvalue weighted by Gasteiger charge is 2.34. The van der Waals surface area contributed by atoms with Crippen LogP contribution in [0.4, 0.5) is 4.79 Å². The number of esters is 1. The molecule has 2 rings (SSSR count). The van der Waals surface area contributed by atoms with E-state index in [-0.39, 0.29) is 17.1 Å². The van der Waals surface area contributed by atoms with E-state index in [2.05, 4.69) is 10.6 Å². The second-order valence-corrected chi connectivity index (χ2v) is 7.14. The minimum atomic E-state index is -1.37. The van der Waals surface area contributed by atoms with E-state index in [0.29, 0.717) is 11.3 Å². The average Bonchev–Trinajstić information content (AvgIpc) is 2.57. The first-order valence-corrected chi connectivity index (χ1v) is 8.54. The number of hydrogen-bond acceptors (Lipinski definition) is 7. The maximum absolute atomic E-state index is 12.7. The Bertz CT molecular complexity index is 824. The predicted octanol–water partition coefficient (Wildman–Crippen LogP) is 0.793. The van der Waals surface area contributed by atoms with Crippen LogP contribution >= 0.6 is 0 Å². The van der Waals surface area contributed by atoms with Crippen molar-refractivity contribution >= 4 is 18.0 Å². The Balaban J connectivity index is 2.42. The maximum atomic E-state index is 12.7. The molecule has 0 fully saturated rings. The lowest BCUT2D eigenvalue weighted by molar-refractivity contribution is -0.307. The number of allylic oxidation sites excluding steroid dienone is 1. The zero-order valence-corrected chi connectivity index (χ0v) is 16.4. The molecule has 0 bridgehead atoms. The number of methoxy groups -OCH3 is 1. The van der Waals surface area contributed by atoms with Crippen LogP contribution in [0.5, 0.6) is 11.5 Å². The van der Waals surface area contributed by atoms with Gasteiger partial charge in [-0.3, -0.25) is 0 Å². The Hall–Kier alpha value is -3.23. The SMILES string of the molecule is COc1cc([C@H]2NC(=O)NC(C)=C2C(=O)OC(C)(C)C)ccc1OCC(=O)[O-]. The second-order valence-electron chi connectivity index (χ2n) is 7.14. The summed E-state index contributed by atoms with van der Waals surface area (Å²) in [7, 11) is 1.39. The Morgan fingerprint density at radius 1 is 1.21 bits per heavy atom. The number of urea groups is 1. The molecule has 1 aliphatic rings. The van der Waals surface area contributed by atoms with E-state index in [1.165, 1.54) is 13.2 Å². The fourth-order valence-electron chi connectivity index (χ4n) is 2.67. The van der Waals surface area contributed by atoms with Crippen molar-refractivity contribution in [1.82, 2.24) is 10.6 Å². The fraction of sp³-hybridized carbons (Fsp3) is 0.421. The van der Waals surface area contributed by atoms with Crippen molar-refractivity contribution in [3.05, 3.63) is 35.0 Å². The van der Waals surface area contributed by atoms with E-state index in [1.54, 1.807) is 39.8 Å². The fourth-order valence-corrected chi connectivity index (χ4v) is 2.67. The molecule has 0 aliphatic carbocycles. The van der Waals surface area contributed by atoms with Crippen molar-refractivity contribution in [1.29, 1.82) is 0 Å². The number of nitrogens with one attached hydrogen (secondary N) is 2. The second kappa shape index (κ2) is 8.20. The van der Waals surface area contributed by atoms with E-state index in [4.69, 9.17) is 14.2 Å². The molecule has 0 saturated carbocycles. The van der Waals surface area contributed by atoms with Crippen molar-refractivity contribution in [2.45, 2.75) is 39.3 Å². The lowest BCUT2D eigenvalue weighted by atomic mass is 9.95. The van der Waals surface area contributed by atoms with Gasteiger partial charge in [0.1, 0.15) is 12.2 Å². The van der Waals surface area contributed by atoms with E-state index in [9.17, 15) is 19.5 Å². The largest absolute Gasteiger partial charge is 0.546 e. The molecule has 2 N–H and O–H groups in total. The molecular weight excluding hydrogens is 368 g/mol. The predicted molar refractivity (Wildman–Crippen MR) is 96.4 cm³/mol. The van der Waals surface area contributed by atoms with Crippen molar-refractivity contribution in [2.24, 2.45) is 0 Å². The van der Waals surface area contributed by atoms with Crippen molar-refractivity contribution in [3.63, 3.8) is 0 Å². The highest BCUT2D eigenvalue weighted by molar-refractivity contribution is 5.95. The molecule has 0 spiro atoms. The van der Waals surface area contributed by atoms with Crippen molar-refractivity contribution in [2.75, 3.05) is 13.7 Å². The normalized spacial score (nSPS) is 16.8. The van der Waals surface area contributed by atoms with Crippen LogP contribution in [0.1, 0.15) is 39.3 Å². The lowest BCUT2D eigenvalue weighted by Crippen LogP contribution is -2.46. The molecule has 1 aliphatic heterocycles. The number of carboxylic acid groups (broad SMARTS) is 1. The molecule has 0 radical (unpaired) electrons. The van der Waals surface area contributed by atoms with Crippen LogP contribution in [0.25, 0.3) is 0 Å². The number of benzene rings is 1. The zero-order valence-electron chi connectivity index (χ0n) is 16.4. The first-order valence-electron chi connectivity index (χ1n) is 8.54. The van der Waals surface area contributed by atoms with Gasteiger partial charge in [-0.2, -0.15) is 0 Å². The van der Waals surface area contributed by atoms with Gasteiger partial charge in [-0.1, -0.05) is 6.07 Å². The molecule has 152 valence electrons. The van der Waals surface area contributed by atoms with Crippen LogP contribution in [-0.4, -0.2) is 37.3 Å². The van der Waals surface area contributed by atoms with E-state index >= 15 is 0 Å². The third-order valence-corrected chi connectivity index (χ3v) is 3.75. The number of ether oxygens (including phenoxy) is 3. The Labute approximate surface area is 162 Å². The number of rotatable bonds is 6. The summed E-state index contributed by atoms with van der Waals surface area (Å²) in [5, 5.41) is 15.9. The highest BCUT2D eigenvalue weighted by atomic mass is 16.6. The molecule has 1 aromatic carbocycles. The molecule has 2 amide bonds. The van der Waals surface area contributed by atoms with Crippen LogP contribution < -0.4 is 25.2 Å². The highest BCUT2D eigenvalue weighted by Crippen LogP contribution is 2.35. The summed E-state index contributed by atoms with van der Waals surface area (Å²) >= 11 is 0. The van der Waals surface area contributed by atoms with Crippen LogP contribution in [0, 0.1) is 0 Å². The van der Waals surface area contributed by atoms with E-state index < -0.39 is 36.2 Å². The van der Waals surface area contributed by atoms with E-state index in [1.807, 2.05) is 0 Å². The first kappa shape index (κ1) is 21.1. The number of carbonyl (C=O) groups excluding carboxylic acids is 3. The standard InChI is InChI=1S/C19H24N2O7/c1-10-15(17(24)28-19(2,3)4)16(21-18(25)20-10)11-6-7-12(13(8-11)26-5)27-9-14(22)23/h6-8,16H,9H2,1-5H3,(H,22,23)(H2,20,21,25)/p-1/t16-/m1/s1. The minimum Gasteiger partial charge on any atom is -0.546 e. The quantitative estimate of drug-likeness (QED) is 0.687. The number of carboxylic acids is 1. The Kier molecular flexibility index (Phi) is 6.17. The summed E-state index contributed by atoms with van der Waals surface area (Å²) in [6.07, 6.45) is 0. The molecule has 0 saturated heterocycles. The minimum absolute atomic E-state index is 0.190. The Morgan fingerprint density at radius 2 is 1.89 bits per heavy atom. The molecule has 9 nitrogen and oxygen atoms in total. The van der Waals surface area contributed by atoms with Gasteiger partial charge in [0.2, 0.25) is 0 Å². The molecular formula is C19H23N2O7-. The molecule has 1 heterocycles. The van der Waals surface area contributed by atoms with E-state index in [0.717, 1.165) is 0 Å². The van der Waals surface area contributed by atoms with Gasteiger partial charge in [-0.25, -0.2) is 9.59 Å². The maximum Gasteiger partial charge on any atom is 0.338 e. The number of amides is 2. The molecule has 0 unspecified atom stereocenters. The zero-order chi connectivity index (χ0) is 21.1. The smallest absolute Gasteiger partial charge is 0.338 e. The summed E-state index contributed by atoms with van der Waals surface area (Å²) in [5.74, 6) is -1.51. The summed E-state index contributed by atoms with van der Waals surface area (Å²) in [6, 6.07) is 3.39. The molecule has 1 aromatic rings. The van der Waals surface area contributed by atoms with Crippen molar-refractivity contribution < 1.29 is 33.7 Å². The molecule has 9 heteroatoms. The van der Waals surface area contributed by atoms with Gasteiger partial charge in [-0.15, -0.1) is 0 Å². The first-order chi connectivity index (χ1) is 13.0. The summed E-state index contributed by atoms with van der Waals surface area (Å²) in [5.41, 5.74) is 0.448. The van der Waals surface area contributed by atoms with Gasteiger partial charge in [0.15, 0.2) is 11.5 Å². The summed E-state index contributed by atoms with van der Waals surface area (Å²) in [6.45, 7) is 6.22. The van der Waals surface area contributed by atoms with Crippen LogP contribution in [0.15, 0.2) is 29.5 Å². The number of hydrogen-bond donors (Lipinski definition) is 2. The molecule has 1 atom stereocenters. The summed E-state index contributed by atoms with van der Waals surface area (Å²) in [4.78, 5) is 35.3. The third-order valence-electron chi connectivity index (χ3n) is 3.75. The lowest BCUT2D eigenvalue weighted by Gasteiger charge is -2.30. The monoisotopic (exact) mass is 391 g/mol. The van der Waals surface area contributed by atoms with Gasteiger partial charge in [-0.05, 0) is 45.4 Å². The van der Waals surface area contributed by atoms with Gasteiger partial charge in [0, 0.05) is 5.70 Å². The van der Waals surface area contributed by atoms with Crippen LogP contribution in [-0.2, 0) is 14.3 Å². The number of carbonyl (C=O) groups is 3. The average molecular weight is 391 g/mol. The Morgan fingerprint density at radius 3 is 2.46 bits per heavy atom. The van der Waals surface area contributed by atoms with Crippen LogP contribution in [0.2, 0.25) is 0 Å². The third kappa shape index (κ3) is 5.15. The summed E-state index contributed by atoms with van der Waals surface area (Å²) < 4.78 is 15.8.